The standard InChI is InChI=1S/C23H29N3O4S/c1-5-25(6-2)31(29,30)20-11-9-19(10-12-20)26-15-18(14-22(26)27)23(28)24-21-13-16(3)7-8-17(21)4/h7-13,18H,5-6,14-15H2,1-4H3,(H,24,28). The van der Waals surface area contributed by atoms with Crippen LogP contribution in [0.5, 0.6) is 0 Å². The average molecular weight is 444 g/mol. The quantitative estimate of drug-likeness (QED) is 0.711. The van der Waals surface area contributed by atoms with E-state index in [1.807, 2.05) is 32.0 Å². The van der Waals surface area contributed by atoms with Gasteiger partial charge in [-0.3, -0.25) is 9.59 Å². The highest BCUT2D eigenvalue weighted by molar-refractivity contribution is 7.89. The van der Waals surface area contributed by atoms with Crippen molar-refractivity contribution in [1.29, 1.82) is 0 Å². The van der Waals surface area contributed by atoms with E-state index in [0.717, 1.165) is 16.8 Å². The maximum absolute atomic E-state index is 12.8. The van der Waals surface area contributed by atoms with Crippen molar-refractivity contribution in [3.63, 3.8) is 0 Å². The van der Waals surface area contributed by atoms with Crippen LogP contribution in [0.3, 0.4) is 0 Å². The molecule has 1 aliphatic heterocycles. The smallest absolute Gasteiger partial charge is 0.243 e. The van der Waals surface area contributed by atoms with Gasteiger partial charge >= 0.3 is 0 Å². The molecule has 1 fully saturated rings. The highest BCUT2D eigenvalue weighted by atomic mass is 32.2. The molecule has 1 aliphatic rings. The normalized spacial score (nSPS) is 16.7. The Labute approximate surface area is 184 Å². The molecule has 166 valence electrons. The number of anilines is 2. The average Bonchev–Trinajstić information content (AvgIpc) is 3.13. The highest BCUT2D eigenvalue weighted by Crippen LogP contribution is 2.28. The fraction of sp³-hybridized carbons (Fsp3) is 0.391. The van der Waals surface area contributed by atoms with E-state index in [1.165, 1.54) is 16.4 Å². The molecule has 2 aromatic carbocycles. The van der Waals surface area contributed by atoms with Crippen molar-refractivity contribution < 1.29 is 18.0 Å². The number of hydrogen-bond donors (Lipinski definition) is 1. The zero-order valence-electron chi connectivity index (χ0n) is 18.4. The molecule has 0 radical (unpaired) electrons. The first-order valence-corrected chi connectivity index (χ1v) is 11.9. The summed E-state index contributed by atoms with van der Waals surface area (Å²) in [6.45, 7) is 8.51. The SMILES string of the molecule is CCN(CC)S(=O)(=O)c1ccc(N2CC(C(=O)Nc3cc(C)ccc3C)CC2=O)cc1. The molecule has 0 aliphatic carbocycles. The Balaban J connectivity index is 1.73. The van der Waals surface area contributed by atoms with E-state index in [2.05, 4.69) is 5.32 Å². The summed E-state index contributed by atoms with van der Waals surface area (Å²) in [5.41, 5.74) is 3.35. The number of nitrogens with zero attached hydrogens (tertiary/aromatic N) is 2. The third-order valence-corrected chi connectivity index (χ3v) is 7.70. The van der Waals surface area contributed by atoms with Crippen LogP contribution in [-0.4, -0.2) is 44.2 Å². The van der Waals surface area contributed by atoms with E-state index in [1.54, 1.807) is 30.9 Å². The molecule has 2 amide bonds. The van der Waals surface area contributed by atoms with Crippen LogP contribution in [0.4, 0.5) is 11.4 Å². The van der Waals surface area contributed by atoms with Crippen LogP contribution < -0.4 is 10.2 Å². The molecular formula is C23H29N3O4S. The number of aryl methyl sites for hydroxylation is 2. The van der Waals surface area contributed by atoms with Crippen LogP contribution in [-0.2, 0) is 19.6 Å². The first-order chi connectivity index (χ1) is 14.7. The number of nitrogens with one attached hydrogen (secondary N) is 1. The lowest BCUT2D eigenvalue weighted by molar-refractivity contribution is -0.122. The van der Waals surface area contributed by atoms with Crippen molar-refractivity contribution in [2.75, 3.05) is 29.9 Å². The van der Waals surface area contributed by atoms with Gasteiger partial charge in [0.2, 0.25) is 21.8 Å². The second kappa shape index (κ2) is 9.20. The van der Waals surface area contributed by atoms with Gasteiger partial charge in [-0.2, -0.15) is 4.31 Å². The summed E-state index contributed by atoms with van der Waals surface area (Å²) in [5.74, 6) is -0.808. The molecule has 31 heavy (non-hydrogen) atoms. The third kappa shape index (κ3) is 4.80. The Morgan fingerprint density at radius 3 is 2.35 bits per heavy atom. The molecule has 0 spiro atoms. The van der Waals surface area contributed by atoms with E-state index in [4.69, 9.17) is 0 Å². The molecule has 1 atom stereocenters. The predicted octanol–water partition coefficient (Wildman–Crippen LogP) is 3.33. The minimum absolute atomic E-state index is 0.121. The van der Waals surface area contributed by atoms with Gasteiger partial charge in [0.15, 0.2) is 0 Å². The number of benzene rings is 2. The largest absolute Gasteiger partial charge is 0.326 e. The molecule has 1 heterocycles. The van der Waals surface area contributed by atoms with E-state index >= 15 is 0 Å². The van der Waals surface area contributed by atoms with Gasteiger partial charge in [0, 0.05) is 37.4 Å². The summed E-state index contributed by atoms with van der Waals surface area (Å²) in [5, 5.41) is 2.94. The Kier molecular flexibility index (Phi) is 6.81. The highest BCUT2D eigenvalue weighted by Gasteiger charge is 2.35. The molecule has 1 unspecified atom stereocenters. The van der Waals surface area contributed by atoms with Gasteiger partial charge in [-0.1, -0.05) is 26.0 Å². The monoisotopic (exact) mass is 443 g/mol. The lowest BCUT2D eigenvalue weighted by Gasteiger charge is -2.20. The summed E-state index contributed by atoms with van der Waals surface area (Å²) in [6.07, 6.45) is 0.121. The molecule has 0 aromatic heterocycles. The molecular weight excluding hydrogens is 414 g/mol. The molecule has 0 saturated carbocycles. The first kappa shape index (κ1) is 23.0. The molecule has 3 rings (SSSR count). The number of carbonyl (C=O) groups excluding carboxylic acids is 2. The van der Waals surface area contributed by atoms with Gasteiger partial charge in [0.1, 0.15) is 0 Å². The maximum Gasteiger partial charge on any atom is 0.243 e. The topological polar surface area (TPSA) is 86.8 Å². The summed E-state index contributed by atoms with van der Waals surface area (Å²) in [7, 11) is -3.56. The van der Waals surface area contributed by atoms with Crippen molar-refractivity contribution >= 4 is 33.2 Å². The summed E-state index contributed by atoms with van der Waals surface area (Å²) in [4.78, 5) is 27.1. The number of sulfonamides is 1. The van der Waals surface area contributed by atoms with Gasteiger partial charge in [-0.25, -0.2) is 8.42 Å². The van der Waals surface area contributed by atoms with Gasteiger partial charge in [0.25, 0.3) is 0 Å². The van der Waals surface area contributed by atoms with E-state index in [0.29, 0.717) is 18.8 Å². The number of rotatable bonds is 7. The first-order valence-electron chi connectivity index (χ1n) is 10.5. The zero-order valence-corrected chi connectivity index (χ0v) is 19.2. The molecule has 2 aromatic rings. The Bertz CT molecular complexity index is 1080. The second-order valence-electron chi connectivity index (χ2n) is 7.80. The van der Waals surface area contributed by atoms with Gasteiger partial charge < -0.3 is 10.2 Å². The van der Waals surface area contributed by atoms with Crippen molar-refractivity contribution in [2.24, 2.45) is 5.92 Å². The van der Waals surface area contributed by atoms with Crippen molar-refractivity contribution in [3.8, 4) is 0 Å². The zero-order chi connectivity index (χ0) is 22.8. The number of amides is 2. The fourth-order valence-corrected chi connectivity index (χ4v) is 5.21. The van der Waals surface area contributed by atoms with Crippen LogP contribution in [0.1, 0.15) is 31.4 Å². The van der Waals surface area contributed by atoms with E-state index in [9.17, 15) is 18.0 Å². The van der Waals surface area contributed by atoms with Gasteiger partial charge in [0.05, 0.1) is 10.8 Å². The lowest BCUT2D eigenvalue weighted by atomic mass is 10.1. The predicted molar refractivity (Wildman–Crippen MR) is 122 cm³/mol. The summed E-state index contributed by atoms with van der Waals surface area (Å²) < 4.78 is 26.7. The van der Waals surface area contributed by atoms with Crippen LogP contribution in [0.2, 0.25) is 0 Å². The van der Waals surface area contributed by atoms with Gasteiger partial charge in [-0.05, 0) is 55.3 Å². The molecule has 0 bridgehead atoms. The molecule has 1 saturated heterocycles. The van der Waals surface area contributed by atoms with Crippen molar-refractivity contribution in [1.82, 2.24) is 4.31 Å². The fourth-order valence-electron chi connectivity index (χ4n) is 3.75. The number of carbonyl (C=O) groups is 2. The van der Waals surface area contributed by atoms with Crippen LogP contribution in [0, 0.1) is 19.8 Å². The third-order valence-electron chi connectivity index (χ3n) is 5.64. The van der Waals surface area contributed by atoms with Gasteiger partial charge in [-0.15, -0.1) is 0 Å². The lowest BCUT2D eigenvalue weighted by Crippen LogP contribution is -2.31. The minimum atomic E-state index is -3.56. The van der Waals surface area contributed by atoms with Crippen molar-refractivity contribution in [3.05, 3.63) is 53.6 Å². The number of hydrogen-bond acceptors (Lipinski definition) is 4. The maximum atomic E-state index is 12.8. The van der Waals surface area contributed by atoms with Crippen LogP contribution in [0.25, 0.3) is 0 Å². The van der Waals surface area contributed by atoms with Crippen LogP contribution >= 0.6 is 0 Å². The Morgan fingerprint density at radius 1 is 1.10 bits per heavy atom. The molecule has 1 N–H and O–H groups in total. The molecule has 7 nitrogen and oxygen atoms in total. The summed E-state index contributed by atoms with van der Waals surface area (Å²) in [6, 6.07) is 12.1. The summed E-state index contributed by atoms with van der Waals surface area (Å²) >= 11 is 0. The minimum Gasteiger partial charge on any atom is -0.326 e. The second-order valence-corrected chi connectivity index (χ2v) is 9.73. The Morgan fingerprint density at radius 2 is 1.74 bits per heavy atom. The van der Waals surface area contributed by atoms with E-state index < -0.39 is 15.9 Å². The molecule has 8 heteroatoms. The van der Waals surface area contributed by atoms with Crippen molar-refractivity contribution in [2.45, 2.75) is 39.0 Å². The Hall–Kier alpha value is -2.71. The van der Waals surface area contributed by atoms with E-state index in [-0.39, 0.29) is 29.7 Å². The van der Waals surface area contributed by atoms with Crippen LogP contribution in [0.15, 0.2) is 47.4 Å².